The largest absolute Gasteiger partial charge is 0.380 e. The Balaban J connectivity index is 1.49. The number of halogens is 3. The van der Waals surface area contributed by atoms with E-state index in [2.05, 4.69) is 11.8 Å². The van der Waals surface area contributed by atoms with Crippen LogP contribution in [0, 0.1) is 29.3 Å². The van der Waals surface area contributed by atoms with Crippen molar-refractivity contribution in [2.75, 3.05) is 7.11 Å². The maximum absolute atomic E-state index is 14.6. The van der Waals surface area contributed by atoms with Gasteiger partial charge in [-0.25, -0.2) is 13.2 Å². The maximum atomic E-state index is 14.6. The molecule has 4 aromatic rings. The molecule has 0 amide bonds. The topological polar surface area (TPSA) is 9.23 Å². The van der Waals surface area contributed by atoms with Crippen LogP contribution < -0.4 is 0 Å². The Morgan fingerprint density at radius 3 is 2.00 bits per heavy atom. The molecule has 0 aliphatic rings. The lowest BCUT2D eigenvalue weighted by molar-refractivity contribution is 0.185. The minimum atomic E-state index is -0.675. The van der Waals surface area contributed by atoms with Gasteiger partial charge in [0, 0.05) is 12.7 Å². The fourth-order valence-electron chi connectivity index (χ4n) is 3.58. The standard InChI is InChI=1S/C28H21F3O/c1-32-18-21-5-2-19(3-6-21)4-7-22-15-27(30)26(28(31)16-22)13-9-20-8-10-24-17-25(29)12-11-23(24)14-20/h2-3,5-6,8,10-12,14-17H,4,7,18H2,1H3. The van der Waals surface area contributed by atoms with Crippen LogP contribution >= 0.6 is 0 Å². The normalized spacial score (nSPS) is 10.8. The molecule has 0 fully saturated rings. The van der Waals surface area contributed by atoms with Crippen LogP contribution in [0.5, 0.6) is 0 Å². The zero-order valence-electron chi connectivity index (χ0n) is 17.6. The van der Waals surface area contributed by atoms with E-state index in [-0.39, 0.29) is 11.4 Å². The summed E-state index contributed by atoms with van der Waals surface area (Å²) in [4.78, 5) is 0. The second-order valence-corrected chi connectivity index (χ2v) is 7.64. The highest BCUT2D eigenvalue weighted by molar-refractivity contribution is 5.84. The number of methoxy groups -OCH3 is 1. The molecule has 160 valence electrons. The second kappa shape index (κ2) is 9.72. The number of ether oxygens (including phenoxy) is 1. The predicted molar refractivity (Wildman–Crippen MR) is 121 cm³/mol. The van der Waals surface area contributed by atoms with Crippen LogP contribution in [0.2, 0.25) is 0 Å². The molecule has 4 aromatic carbocycles. The molecule has 0 atom stereocenters. The molecule has 0 unspecified atom stereocenters. The monoisotopic (exact) mass is 430 g/mol. The zero-order chi connectivity index (χ0) is 22.5. The third-order valence-corrected chi connectivity index (χ3v) is 5.27. The van der Waals surface area contributed by atoms with Gasteiger partial charge in [-0.15, -0.1) is 0 Å². The lowest BCUT2D eigenvalue weighted by Crippen LogP contribution is -1.98. The summed E-state index contributed by atoms with van der Waals surface area (Å²) in [5.74, 6) is 3.75. The SMILES string of the molecule is COCc1ccc(CCc2cc(F)c(C#Cc3ccc4cc(F)ccc4c3)c(F)c2)cc1. The third kappa shape index (κ3) is 5.19. The number of hydrogen-bond donors (Lipinski definition) is 0. The lowest BCUT2D eigenvalue weighted by Gasteiger charge is -2.06. The van der Waals surface area contributed by atoms with E-state index in [1.807, 2.05) is 24.3 Å². The first-order valence-corrected chi connectivity index (χ1v) is 10.3. The number of fused-ring (bicyclic) bond motifs is 1. The van der Waals surface area contributed by atoms with Gasteiger partial charge in [0.25, 0.3) is 0 Å². The maximum Gasteiger partial charge on any atom is 0.142 e. The highest BCUT2D eigenvalue weighted by Gasteiger charge is 2.10. The van der Waals surface area contributed by atoms with Crippen LogP contribution in [0.3, 0.4) is 0 Å². The van der Waals surface area contributed by atoms with E-state index in [1.165, 1.54) is 24.3 Å². The van der Waals surface area contributed by atoms with Crippen molar-refractivity contribution >= 4 is 10.8 Å². The van der Waals surface area contributed by atoms with Crippen molar-refractivity contribution in [1.82, 2.24) is 0 Å². The molecule has 0 bridgehead atoms. The molecule has 0 saturated carbocycles. The summed E-state index contributed by atoms with van der Waals surface area (Å²) in [7, 11) is 1.65. The molecule has 0 heterocycles. The Kier molecular flexibility index (Phi) is 6.58. The van der Waals surface area contributed by atoms with E-state index in [9.17, 15) is 13.2 Å². The van der Waals surface area contributed by atoms with Crippen molar-refractivity contribution in [3.05, 3.63) is 118 Å². The minimum absolute atomic E-state index is 0.253. The van der Waals surface area contributed by atoms with Crippen LogP contribution in [0.4, 0.5) is 13.2 Å². The summed E-state index contributed by atoms with van der Waals surface area (Å²) in [5.41, 5.74) is 3.10. The van der Waals surface area contributed by atoms with E-state index >= 15 is 0 Å². The van der Waals surface area contributed by atoms with Crippen molar-refractivity contribution in [3.8, 4) is 11.8 Å². The van der Waals surface area contributed by atoms with E-state index in [0.717, 1.165) is 21.9 Å². The molecule has 32 heavy (non-hydrogen) atoms. The molecule has 1 nitrogen and oxygen atoms in total. The van der Waals surface area contributed by atoms with E-state index < -0.39 is 11.6 Å². The van der Waals surface area contributed by atoms with Crippen LogP contribution in [0.25, 0.3) is 10.8 Å². The molecule has 0 aliphatic carbocycles. The molecule has 4 heteroatoms. The van der Waals surface area contributed by atoms with Gasteiger partial charge in [-0.1, -0.05) is 48.2 Å². The van der Waals surface area contributed by atoms with Crippen molar-refractivity contribution in [2.45, 2.75) is 19.4 Å². The number of aryl methyl sites for hydroxylation is 2. The van der Waals surface area contributed by atoms with E-state index in [0.29, 0.717) is 30.6 Å². The van der Waals surface area contributed by atoms with Crippen molar-refractivity contribution < 1.29 is 17.9 Å². The zero-order valence-corrected chi connectivity index (χ0v) is 17.6. The minimum Gasteiger partial charge on any atom is -0.380 e. The molecule has 0 saturated heterocycles. The lowest BCUT2D eigenvalue weighted by atomic mass is 10.0. The summed E-state index contributed by atoms with van der Waals surface area (Å²) in [6.45, 7) is 0.553. The molecule has 0 radical (unpaired) electrons. The molecule has 0 aromatic heterocycles. The van der Waals surface area contributed by atoms with Gasteiger partial charge in [0.15, 0.2) is 0 Å². The van der Waals surface area contributed by atoms with Crippen LogP contribution in [0.15, 0.2) is 72.8 Å². The predicted octanol–water partition coefficient (Wildman–Crippen LogP) is 6.59. The van der Waals surface area contributed by atoms with E-state index in [4.69, 9.17) is 4.74 Å². The molecule has 0 aliphatic heterocycles. The number of benzene rings is 4. The fourth-order valence-corrected chi connectivity index (χ4v) is 3.58. The van der Waals surface area contributed by atoms with Gasteiger partial charge in [-0.05, 0) is 76.7 Å². The Morgan fingerprint density at radius 2 is 1.28 bits per heavy atom. The average molecular weight is 430 g/mol. The Hall–Kier alpha value is -3.55. The first-order valence-electron chi connectivity index (χ1n) is 10.3. The fraction of sp³-hybridized carbons (Fsp3) is 0.143. The van der Waals surface area contributed by atoms with Crippen LogP contribution in [0.1, 0.15) is 27.8 Å². The summed E-state index contributed by atoms with van der Waals surface area (Å²) >= 11 is 0. The van der Waals surface area contributed by atoms with Gasteiger partial charge in [-0.2, -0.15) is 0 Å². The third-order valence-electron chi connectivity index (χ3n) is 5.27. The Labute approximate surface area is 185 Å². The number of rotatable bonds is 5. The first kappa shape index (κ1) is 21.7. The smallest absolute Gasteiger partial charge is 0.142 e. The molecule has 0 N–H and O–H groups in total. The van der Waals surface area contributed by atoms with Crippen molar-refractivity contribution in [3.63, 3.8) is 0 Å². The van der Waals surface area contributed by atoms with Crippen LogP contribution in [-0.2, 0) is 24.2 Å². The van der Waals surface area contributed by atoms with Gasteiger partial charge in [0.05, 0.1) is 12.2 Å². The summed E-state index contributed by atoms with van der Waals surface area (Å²) in [6, 6.07) is 20.3. The Morgan fingerprint density at radius 1 is 0.656 bits per heavy atom. The highest BCUT2D eigenvalue weighted by atomic mass is 19.1. The Bertz CT molecular complexity index is 1290. The van der Waals surface area contributed by atoms with Gasteiger partial charge in [-0.3, -0.25) is 0 Å². The second-order valence-electron chi connectivity index (χ2n) is 7.64. The highest BCUT2D eigenvalue weighted by Crippen LogP contribution is 2.19. The average Bonchev–Trinajstić information content (AvgIpc) is 2.78. The summed E-state index contributed by atoms with van der Waals surface area (Å²) < 4.78 is 47.6. The quantitative estimate of drug-likeness (QED) is 0.325. The first-order chi connectivity index (χ1) is 15.5. The number of hydrogen-bond acceptors (Lipinski definition) is 1. The van der Waals surface area contributed by atoms with Gasteiger partial charge in [0.1, 0.15) is 17.5 Å². The molecular formula is C28H21F3O. The summed E-state index contributed by atoms with van der Waals surface area (Å²) in [6.07, 6.45) is 1.20. The van der Waals surface area contributed by atoms with Crippen molar-refractivity contribution in [1.29, 1.82) is 0 Å². The summed E-state index contributed by atoms with van der Waals surface area (Å²) in [5, 5.41) is 1.55. The molecule has 0 spiro atoms. The molecular weight excluding hydrogens is 409 g/mol. The molecule has 4 rings (SSSR count). The van der Waals surface area contributed by atoms with E-state index in [1.54, 1.807) is 31.4 Å². The van der Waals surface area contributed by atoms with Gasteiger partial charge < -0.3 is 4.74 Å². The van der Waals surface area contributed by atoms with Gasteiger partial charge in [0.2, 0.25) is 0 Å². The van der Waals surface area contributed by atoms with Gasteiger partial charge >= 0.3 is 0 Å². The van der Waals surface area contributed by atoms with Crippen molar-refractivity contribution in [2.24, 2.45) is 0 Å². The van der Waals surface area contributed by atoms with Crippen LogP contribution in [-0.4, -0.2) is 7.11 Å².